The lowest BCUT2D eigenvalue weighted by molar-refractivity contribution is -0.137. The minimum Gasteiger partial charge on any atom is -0.493 e. The topological polar surface area (TPSA) is 67.9 Å². The maximum absolute atomic E-state index is 12.7. The van der Waals surface area contributed by atoms with Crippen molar-refractivity contribution >= 4 is 11.8 Å². The highest BCUT2D eigenvalue weighted by Crippen LogP contribution is 2.30. The number of nitrogens with one attached hydrogen (secondary N) is 1. The van der Waals surface area contributed by atoms with Crippen LogP contribution in [0.1, 0.15) is 39.1 Å². The van der Waals surface area contributed by atoms with E-state index in [1.54, 1.807) is 23.1 Å². The normalized spacial score (nSPS) is 14.8. The second-order valence-corrected chi connectivity index (χ2v) is 7.18. The molecule has 0 radical (unpaired) electrons. The second kappa shape index (κ2) is 9.28. The molecule has 1 heterocycles. The van der Waals surface area contributed by atoms with Crippen molar-refractivity contribution in [1.82, 2.24) is 10.2 Å². The van der Waals surface area contributed by atoms with E-state index >= 15 is 0 Å². The molecule has 1 aliphatic heterocycles. The Balaban J connectivity index is 1.56. The molecule has 0 unspecified atom stereocenters. The summed E-state index contributed by atoms with van der Waals surface area (Å²) in [4.78, 5) is 26.7. The van der Waals surface area contributed by atoms with Crippen LogP contribution in [0.5, 0.6) is 11.5 Å². The molecular weight excluding hydrogens is 413 g/mol. The maximum Gasteiger partial charge on any atom is 0.416 e. The Kier molecular flexibility index (Phi) is 6.72. The first kappa shape index (κ1) is 22.5. The second-order valence-electron chi connectivity index (χ2n) is 7.18. The number of carbonyl (C=O) groups is 2. The van der Waals surface area contributed by atoms with Crippen LogP contribution >= 0.6 is 0 Å². The van der Waals surface area contributed by atoms with Gasteiger partial charge in [0.25, 0.3) is 11.8 Å². The first-order chi connectivity index (χ1) is 14.7. The Hall–Kier alpha value is -3.23. The van der Waals surface area contributed by atoms with Gasteiger partial charge in [-0.15, -0.1) is 0 Å². The zero-order valence-electron chi connectivity index (χ0n) is 17.2. The summed E-state index contributed by atoms with van der Waals surface area (Å²) in [6, 6.07) is 8.97. The van der Waals surface area contributed by atoms with Crippen LogP contribution in [0.25, 0.3) is 0 Å². The largest absolute Gasteiger partial charge is 0.493 e. The van der Waals surface area contributed by atoms with Gasteiger partial charge in [-0.1, -0.05) is 0 Å². The van der Waals surface area contributed by atoms with Crippen LogP contribution < -0.4 is 14.8 Å². The highest BCUT2D eigenvalue weighted by Gasteiger charge is 2.31. The Morgan fingerprint density at radius 1 is 0.935 bits per heavy atom. The molecular formula is C22H23F3N2O4. The SMILES string of the molecule is COc1ccc(C(=O)NC2CCN(C(=O)c3ccc(C(F)(F)F)cc3)CC2)cc1OC. The summed E-state index contributed by atoms with van der Waals surface area (Å²) in [6.07, 6.45) is -3.34. The van der Waals surface area contributed by atoms with Gasteiger partial charge < -0.3 is 19.7 Å². The summed E-state index contributed by atoms with van der Waals surface area (Å²) in [6.45, 7) is 0.799. The summed E-state index contributed by atoms with van der Waals surface area (Å²) in [5.41, 5.74) is -0.151. The summed E-state index contributed by atoms with van der Waals surface area (Å²) in [5, 5.41) is 2.95. The molecule has 166 valence electrons. The molecule has 0 spiro atoms. The lowest BCUT2D eigenvalue weighted by Crippen LogP contribution is -2.46. The van der Waals surface area contributed by atoms with Gasteiger partial charge >= 0.3 is 6.18 Å². The Morgan fingerprint density at radius 2 is 1.52 bits per heavy atom. The standard InChI is InChI=1S/C22H23F3N2O4/c1-30-18-8-5-15(13-19(18)31-2)20(28)26-17-9-11-27(12-10-17)21(29)14-3-6-16(7-4-14)22(23,24)25/h3-8,13,17H,9-12H2,1-2H3,(H,26,28). The van der Waals surface area contributed by atoms with Gasteiger partial charge in [0.1, 0.15) is 0 Å². The van der Waals surface area contributed by atoms with Crippen LogP contribution in [-0.4, -0.2) is 50.1 Å². The number of hydrogen-bond acceptors (Lipinski definition) is 4. The van der Waals surface area contributed by atoms with Gasteiger partial charge in [0.2, 0.25) is 0 Å². The van der Waals surface area contributed by atoms with Crippen molar-refractivity contribution in [2.75, 3.05) is 27.3 Å². The number of methoxy groups -OCH3 is 2. The zero-order chi connectivity index (χ0) is 22.6. The molecule has 6 nitrogen and oxygen atoms in total. The van der Waals surface area contributed by atoms with Crippen molar-refractivity contribution in [2.45, 2.75) is 25.1 Å². The van der Waals surface area contributed by atoms with E-state index < -0.39 is 11.7 Å². The molecule has 2 amide bonds. The fourth-order valence-corrected chi connectivity index (χ4v) is 3.46. The van der Waals surface area contributed by atoms with Crippen molar-refractivity contribution in [3.05, 3.63) is 59.2 Å². The molecule has 1 fully saturated rings. The maximum atomic E-state index is 12.7. The van der Waals surface area contributed by atoms with Gasteiger partial charge in [0.15, 0.2) is 11.5 Å². The number of ether oxygens (including phenoxy) is 2. The van der Waals surface area contributed by atoms with Crippen LogP contribution in [0.15, 0.2) is 42.5 Å². The van der Waals surface area contributed by atoms with Crippen molar-refractivity contribution in [3.8, 4) is 11.5 Å². The molecule has 3 rings (SSSR count). The average molecular weight is 436 g/mol. The third-order valence-corrected chi connectivity index (χ3v) is 5.22. The number of benzene rings is 2. The van der Waals surface area contributed by atoms with Gasteiger partial charge in [0.05, 0.1) is 19.8 Å². The Bertz CT molecular complexity index is 937. The monoisotopic (exact) mass is 436 g/mol. The minimum absolute atomic E-state index is 0.114. The van der Waals surface area contributed by atoms with E-state index in [9.17, 15) is 22.8 Å². The fourth-order valence-electron chi connectivity index (χ4n) is 3.46. The summed E-state index contributed by atoms with van der Waals surface area (Å²) in [5.74, 6) is 0.396. The summed E-state index contributed by atoms with van der Waals surface area (Å²) >= 11 is 0. The van der Waals surface area contributed by atoms with Crippen LogP contribution in [0, 0.1) is 0 Å². The summed E-state index contributed by atoms with van der Waals surface area (Å²) < 4.78 is 48.4. The summed E-state index contributed by atoms with van der Waals surface area (Å²) in [7, 11) is 3.00. The van der Waals surface area contributed by atoms with Gasteiger partial charge in [-0.2, -0.15) is 13.2 Å². The molecule has 1 aliphatic rings. The molecule has 2 aromatic rings. The van der Waals surface area contributed by atoms with E-state index in [0.29, 0.717) is 43.0 Å². The third-order valence-electron chi connectivity index (χ3n) is 5.22. The quantitative estimate of drug-likeness (QED) is 0.775. The first-order valence-electron chi connectivity index (χ1n) is 9.72. The smallest absolute Gasteiger partial charge is 0.416 e. The molecule has 31 heavy (non-hydrogen) atoms. The number of piperidine rings is 1. The highest BCUT2D eigenvalue weighted by molar-refractivity contribution is 5.95. The minimum atomic E-state index is -4.44. The predicted molar refractivity (Wildman–Crippen MR) is 107 cm³/mol. The number of amides is 2. The van der Waals surface area contributed by atoms with Crippen LogP contribution in [-0.2, 0) is 6.18 Å². The van der Waals surface area contributed by atoms with Crippen molar-refractivity contribution in [3.63, 3.8) is 0 Å². The van der Waals surface area contributed by atoms with E-state index in [1.807, 2.05) is 0 Å². The van der Waals surface area contributed by atoms with E-state index in [-0.39, 0.29) is 23.4 Å². The zero-order valence-corrected chi connectivity index (χ0v) is 17.2. The number of nitrogens with zero attached hydrogens (tertiary/aromatic N) is 1. The van der Waals surface area contributed by atoms with Crippen LogP contribution in [0.2, 0.25) is 0 Å². The number of carbonyl (C=O) groups excluding carboxylic acids is 2. The third kappa shape index (κ3) is 5.28. The Labute approximate surface area is 177 Å². The molecule has 0 aromatic heterocycles. The number of alkyl halides is 3. The highest BCUT2D eigenvalue weighted by atomic mass is 19.4. The number of likely N-dealkylation sites (tertiary alicyclic amines) is 1. The molecule has 1 saturated heterocycles. The first-order valence-corrected chi connectivity index (χ1v) is 9.72. The molecule has 0 atom stereocenters. The van der Waals surface area contributed by atoms with Crippen LogP contribution in [0.3, 0.4) is 0 Å². The molecule has 9 heteroatoms. The van der Waals surface area contributed by atoms with E-state index in [4.69, 9.17) is 9.47 Å². The van der Waals surface area contributed by atoms with Crippen molar-refractivity contribution in [1.29, 1.82) is 0 Å². The van der Waals surface area contributed by atoms with Crippen LogP contribution in [0.4, 0.5) is 13.2 Å². The lowest BCUT2D eigenvalue weighted by Gasteiger charge is -2.32. The van der Waals surface area contributed by atoms with E-state index in [0.717, 1.165) is 12.1 Å². The van der Waals surface area contributed by atoms with E-state index in [1.165, 1.54) is 26.4 Å². The van der Waals surface area contributed by atoms with Gasteiger partial charge in [-0.05, 0) is 55.3 Å². The molecule has 0 saturated carbocycles. The molecule has 0 aliphatic carbocycles. The molecule has 2 aromatic carbocycles. The predicted octanol–water partition coefficient (Wildman–Crippen LogP) is 3.76. The number of rotatable bonds is 5. The molecule has 0 bridgehead atoms. The molecule has 1 N–H and O–H groups in total. The Morgan fingerprint density at radius 3 is 2.06 bits per heavy atom. The van der Waals surface area contributed by atoms with Gasteiger partial charge in [-0.25, -0.2) is 0 Å². The lowest BCUT2D eigenvalue weighted by atomic mass is 10.0. The average Bonchev–Trinajstić information content (AvgIpc) is 2.78. The van der Waals surface area contributed by atoms with E-state index in [2.05, 4.69) is 5.32 Å². The number of hydrogen-bond donors (Lipinski definition) is 1. The van der Waals surface area contributed by atoms with Crippen molar-refractivity contribution in [2.24, 2.45) is 0 Å². The van der Waals surface area contributed by atoms with Gasteiger partial charge in [0, 0.05) is 30.3 Å². The van der Waals surface area contributed by atoms with Crippen molar-refractivity contribution < 1.29 is 32.2 Å². The number of halogens is 3. The fraction of sp³-hybridized carbons (Fsp3) is 0.364. The van der Waals surface area contributed by atoms with Gasteiger partial charge in [-0.3, -0.25) is 9.59 Å².